The van der Waals surface area contributed by atoms with Gasteiger partial charge < -0.3 is 15.0 Å². The Morgan fingerprint density at radius 1 is 1.08 bits per heavy atom. The third-order valence-electron chi connectivity index (χ3n) is 4.31. The second-order valence-corrected chi connectivity index (χ2v) is 6.02. The molecule has 5 nitrogen and oxygen atoms in total. The number of methoxy groups -OCH3 is 1. The van der Waals surface area contributed by atoms with Crippen LogP contribution >= 0.6 is 0 Å². The van der Waals surface area contributed by atoms with Crippen molar-refractivity contribution in [3.8, 4) is 5.75 Å². The fourth-order valence-electron chi connectivity index (χ4n) is 2.93. The van der Waals surface area contributed by atoms with Gasteiger partial charge >= 0.3 is 0 Å². The Kier molecular flexibility index (Phi) is 5.31. The highest BCUT2D eigenvalue weighted by atomic mass is 16.5. The maximum absolute atomic E-state index is 12.5. The molecule has 1 aromatic heterocycles. The first-order valence-corrected chi connectivity index (χ1v) is 8.42. The van der Waals surface area contributed by atoms with Crippen LogP contribution in [0, 0.1) is 0 Å². The van der Waals surface area contributed by atoms with Crippen molar-refractivity contribution in [1.82, 2.24) is 4.98 Å². The summed E-state index contributed by atoms with van der Waals surface area (Å²) in [7, 11) is 1.62. The van der Waals surface area contributed by atoms with E-state index in [9.17, 15) is 4.79 Å². The largest absolute Gasteiger partial charge is 0.497 e. The molecule has 0 bridgehead atoms. The molecule has 1 aliphatic rings. The van der Waals surface area contributed by atoms with Crippen molar-refractivity contribution in [3.63, 3.8) is 0 Å². The first kappa shape index (κ1) is 16.3. The molecule has 1 aliphatic heterocycles. The molecule has 1 fully saturated rings. The minimum absolute atomic E-state index is 0.149. The van der Waals surface area contributed by atoms with E-state index in [1.54, 1.807) is 13.3 Å². The van der Waals surface area contributed by atoms with Crippen LogP contribution in [0.25, 0.3) is 0 Å². The van der Waals surface area contributed by atoms with Crippen molar-refractivity contribution in [3.05, 3.63) is 48.3 Å². The van der Waals surface area contributed by atoms with Crippen LogP contribution < -0.4 is 15.0 Å². The molecule has 1 saturated heterocycles. The molecule has 0 unspecified atom stereocenters. The topological polar surface area (TPSA) is 54.5 Å². The molecule has 2 aromatic rings. The summed E-state index contributed by atoms with van der Waals surface area (Å²) < 4.78 is 5.12. The molecule has 1 aromatic carbocycles. The van der Waals surface area contributed by atoms with E-state index in [2.05, 4.69) is 15.2 Å². The van der Waals surface area contributed by atoms with Gasteiger partial charge in [-0.3, -0.25) is 9.78 Å². The Morgan fingerprint density at radius 3 is 2.46 bits per heavy atom. The van der Waals surface area contributed by atoms with Crippen LogP contribution in [0.1, 0.15) is 36.0 Å². The van der Waals surface area contributed by atoms with Crippen molar-refractivity contribution >= 4 is 17.3 Å². The van der Waals surface area contributed by atoms with E-state index in [0.717, 1.165) is 30.2 Å². The van der Waals surface area contributed by atoms with Gasteiger partial charge in [-0.25, -0.2) is 0 Å². The quantitative estimate of drug-likeness (QED) is 0.931. The van der Waals surface area contributed by atoms with Gasteiger partial charge in [0, 0.05) is 25.0 Å². The van der Waals surface area contributed by atoms with Gasteiger partial charge in [0.15, 0.2) is 0 Å². The van der Waals surface area contributed by atoms with Gasteiger partial charge in [-0.15, -0.1) is 0 Å². The number of hydrogen-bond donors (Lipinski definition) is 1. The average Bonchev–Trinajstić information content (AvgIpc) is 2.92. The number of carbonyl (C=O) groups excluding carboxylic acids is 1. The molecular formula is C19H23N3O2. The zero-order valence-electron chi connectivity index (χ0n) is 14.0. The van der Waals surface area contributed by atoms with Gasteiger partial charge in [0.1, 0.15) is 5.75 Å². The van der Waals surface area contributed by atoms with E-state index in [1.165, 1.54) is 25.7 Å². The lowest BCUT2D eigenvalue weighted by atomic mass is 10.2. The molecule has 3 rings (SSSR count). The van der Waals surface area contributed by atoms with Gasteiger partial charge in [-0.1, -0.05) is 12.8 Å². The fourth-order valence-corrected chi connectivity index (χ4v) is 2.93. The van der Waals surface area contributed by atoms with E-state index in [1.807, 2.05) is 36.5 Å². The summed E-state index contributed by atoms with van der Waals surface area (Å²) in [6, 6.07) is 9.21. The number of benzene rings is 1. The molecule has 126 valence electrons. The minimum atomic E-state index is -0.149. The van der Waals surface area contributed by atoms with Crippen LogP contribution in [0.4, 0.5) is 11.4 Å². The number of nitrogens with zero attached hydrogens (tertiary/aromatic N) is 2. The van der Waals surface area contributed by atoms with Crippen LogP contribution in [0.15, 0.2) is 42.7 Å². The van der Waals surface area contributed by atoms with Crippen molar-refractivity contribution in [2.45, 2.75) is 25.7 Å². The summed E-state index contributed by atoms with van der Waals surface area (Å²) in [5, 5.41) is 2.90. The van der Waals surface area contributed by atoms with Crippen molar-refractivity contribution in [2.24, 2.45) is 0 Å². The first-order chi connectivity index (χ1) is 11.8. The summed E-state index contributed by atoms with van der Waals surface area (Å²) in [5.74, 6) is 0.613. The zero-order chi connectivity index (χ0) is 16.8. The molecule has 1 amide bonds. The van der Waals surface area contributed by atoms with Crippen molar-refractivity contribution in [1.29, 1.82) is 0 Å². The maximum Gasteiger partial charge on any atom is 0.257 e. The zero-order valence-corrected chi connectivity index (χ0v) is 14.0. The van der Waals surface area contributed by atoms with Crippen LogP contribution in [0.2, 0.25) is 0 Å². The molecule has 2 heterocycles. The SMILES string of the molecule is COc1ccc(NC(=O)c2cncc(N3CCCCCC3)c2)cc1. The number of anilines is 2. The highest BCUT2D eigenvalue weighted by Crippen LogP contribution is 2.21. The van der Waals surface area contributed by atoms with Crippen molar-refractivity contribution < 1.29 is 9.53 Å². The lowest BCUT2D eigenvalue weighted by molar-refractivity contribution is 0.102. The number of ether oxygens (including phenoxy) is 1. The number of rotatable bonds is 4. The van der Waals surface area contributed by atoms with Crippen molar-refractivity contribution in [2.75, 3.05) is 30.4 Å². The molecule has 1 N–H and O–H groups in total. The molecule has 0 radical (unpaired) electrons. The Morgan fingerprint density at radius 2 is 1.79 bits per heavy atom. The third kappa shape index (κ3) is 4.04. The monoisotopic (exact) mass is 325 g/mol. The van der Waals surface area contributed by atoms with Gasteiger partial charge in [0.2, 0.25) is 0 Å². The molecule has 0 spiro atoms. The smallest absolute Gasteiger partial charge is 0.257 e. The molecule has 24 heavy (non-hydrogen) atoms. The number of aromatic nitrogens is 1. The minimum Gasteiger partial charge on any atom is -0.497 e. The lowest BCUT2D eigenvalue weighted by Gasteiger charge is -2.22. The highest BCUT2D eigenvalue weighted by molar-refractivity contribution is 6.04. The van der Waals surface area contributed by atoms with Crippen LogP contribution in [-0.4, -0.2) is 31.1 Å². The van der Waals surface area contributed by atoms with E-state index in [4.69, 9.17) is 4.74 Å². The fraction of sp³-hybridized carbons (Fsp3) is 0.368. The van der Waals surface area contributed by atoms with E-state index >= 15 is 0 Å². The van der Waals surface area contributed by atoms with Gasteiger partial charge in [-0.2, -0.15) is 0 Å². The second kappa shape index (κ2) is 7.81. The van der Waals surface area contributed by atoms with Crippen LogP contribution in [0.5, 0.6) is 5.75 Å². The molecular weight excluding hydrogens is 302 g/mol. The Labute approximate surface area is 142 Å². The van der Waals surface area contributed by atoms with Crippen LogP contribution in [0.3, 0.4) is 0 Å². The number of amides is 1. The summed E-state index contributed by atoms with van der Waals surface area (Å²) in [5.41, 5.74) is 2.34. The van der Waals surface area contributed by atoms with E-state index < -0.39 is 0 Å². The predicted molar refractivity (Wildman–Crippen MR) is 95.9 cm³/mol. The van der Waals surface area contributed by atoms with Gasteiger partial charge in [-0.05, 0) is 43.2 Å². The van der Waals surface area contributed by atoms with E-state index in [0.29, 0.717) is 5.56 Å². The first-order valence-electron chi connectivity index (χ1n) is 8.42. The number of hydrogen-bond acceptors (Lipinski definition) is 4. The van der Waals surface area contributed by atoms with Gasteiger partial charge in [0.25, 0.3) is 5.91 Å². The Balaban J connectivity index is 1.71. The number of carbonyl (C=O) groups is 1. The summed E-state index contributed by atoms with van der Waals surface area (Å²) in [6.45, 7) is 2.07. The van der Waals surface area contributed by atoms with Gasteiger partial charge in [0.05, 0.1) is 24.6 Å². The highest BCUT2D eigenvalue weighted by Gasteiger charge is 2.13. The summed E-state index contributed by atoms with van der Waals surface area (Å²) >= 11 is 0. The Bertz CT molecular complexity index is 677. The molecule has 5 heteroatoms. The molecule has 0 saturated carbocycles. The molecule has 0 atom stereocenters. The summed E-state index contributed by atoms with van der Waals surface area (Å²) in [6.07, 6.45) is 8.41. The molecule has 0 aliphatic carbocycles. The normalized spacial score (nSPS) is 14.8. The second-order valence-electron chi connectivity index (χ2n) is 6.02. The number of pyridine rings is 1. The third-order valence-corrected chi connectivity index (χ3v) is 4.31. The van der Waals surface area contributed by atoms with Crippen LogP contribution in [-0.2, 0) is 0 Å². The maximum atomic E-state index is 12.5. The lowest BCUT2D eigenvalue weighted by Crippen LogP contribution is -2.24. The predicted octanol–water partition coefficient (Wildman–Crippen LogP) is 3.72. The Hall–Kier alpha value is -2.56. The standard InChI is InChI=1S/C19H23N3O2/c1-24-18-8-6-16(7-9-18)21-19(23)15-12-17(14-20-13-15)22-10-4-2-3-5-11-22/h6-9,12-14H,2-5,10-11H2,1H3,(H,21,23). The summed E-state index contributed by atoms with van der Waals surface area (Å²) in [4.78, 5) is 19.1. The average molecular weight is 325 g/mol. The van der Waals surface area contributed by atoms with E-state index in [-0.39, 0.29) is 5.91 Å². The number of nitrogens with one attached hydrogen (secondary N) is 1.